The van der Waals surface area contributed by atoms with Crippen molar-refractivity contribution >= 4 is 60.7 Å². The molecule has 4 heterocycles. The van der Waals surface area contributed by atoms with Crippen LogP contribution in [0.3, 0.4) is 0 Å². The Morgan fingerprint density at radius 1 is 1.07 bits per heavy atom. The number of nitrogens with zero attached hydrogens (tertiary/aromatic N) is 7. The zero-order valence-electron chi connectivity index (χ0n) is 23.3. The van der Waals surface area contributed by atoms with Gasteiger partial charge in [-0.05, 0) is 19.1 Å². The number of sulfonamides is 1. The van der Waals surface area contributed by atoms with Crippen LogP contribution in [0.5, 0.6) is 11.5 Å². The lowest BCUT2D eigenvalue weighted by Gasteiger charge is -2.33. The highest BCUT2D eigenvalue weighted by Gasteiger charge is 2.34. The molecule has 3 aromatic heterocycles. The fourth-order valence-corrected chi connectivity index (χ4v) is 8.07. The first-order chi connectivity index (χ1) is 20.1. The van der Waals surface area contributed by atoms with Gasteiger partial charge in [0.25, 0.3) is 5.56 Å². The van der Waals surface area contributed by atoms with Gasteiger partial charge < -0.3 is 19.3 Å². The van der Waals surface area contributed by atoms with E-state index in [0.717, 1.165) is 15.9 Å². The normalized spacial score (nSPS) is 14.3. The minimum atomic E-state index is -4.04. The van der Waals surface area contributed by atoms with Crippen LogP contribution in [0, 0.1) is 6.92 Å². The number of halogens is 1. The van der Waals surface area contributed by atoms with Crippen LogP contribution in [0.2, 0.25) is 5.02 Å². The molecule has 1 fully saturated rings. The third-order valence-electron chi connectivity index (χ3n) is 6.97. The summed E-state index contributed by atoms with van der Waals surface area (Å²) in [6.45, 7) is 2.44. The Bertz CT molecular complexity index is 1810. The van der Waals surface area contributed by atoms with Crippen LogP contribution in [0.15, 0.2) is 46.6 Å². The molecule has 0 unspecified atom stereocenters. The predicted octanol–water partition coefficient (Wildman–Crippen LogP) is 2.40. The molecular weight excluding hydrogens is 606 g/mol. The number of hydrogen-bond donors (Lipinski definition) is 0. The van der Waals surface area contributed by atoms with E-state index >= 15 is 0 Å². The first kappa shape index (κ1) is 29.7. The summed E-state index contributed by atoms with van der Waals surface area (Å²) in [6.07, 6.45) is 4.52. The molecule has 1 aromatic carbocycles. The van der Waals surface area contributed by atoms with Gasteiger partial charge in [0, 0.05) is 56.6 Å². The fraction of sp³-hybridized carbons (Fsp3) is 0.346. The maximum absolute atomic E-state index is 13.9. The molecule has 1 aliphatic heterocycles. The molecule has 13 nitrogen and oxygen atoms in total. The zero-order valence-corrected chi connectivity index (χ0v) is 25.7. The Labute approximate surface area is 250 Å². The fourth-order valence-electron chi connectivity index (χ4n) is 4.74. The first-order valence-electron chi connectivity index (χ1n) is 12.8. The molecule has 0 bridgehead atoms. The van der Waals surface area contributed by atoms with E-state index in [1.807, 2.05) is 4.90 Å². The Balaban J connectivity index is 1.43. The molecule has 1 saturated heterocycles. The number of aryl methyl sites for hydroxylation is 1. The summed E-state index contributed by atoms with van der Waals surface area (Å²) in [5, 5.41) is 0.239. The summed E-state index contributed by atoms with van der Waals surface area (Å²) in [5.74, 6) is 0.769. The van der Waals surface area contributed by atoms with Gasteiger partial charge in [-0.1, -0.05) is 11.6 Å². The maximum Gasteiger partial charge on any atom is 0.263 e. The summed E-state index contributed by atoms with van der Waals surface area (Å²) in [4.78, 5) is 43.6. The van der Waals surface area contributed by atoms with E-state index in [1.165, 1.54) is 42.9 Å². The molecule has 4 aromatic rings. The van der Waals surface area contributed by atoms with E-state index in [1.54, 1.807) is 31.5 Å². The van der Waals surface area contributed by atoms with Crippen LogP contribution in [-0.2, 0) is 21.4 Å². The number of carbonyl (C=O) groups is 1. The quantitative estimate of drug-likeness (QED) is 0.284. The second-order valence-electron chi connectivity index (χ2n) is 9.40. The van der Waals surface area contributed by atoms with Crippen LogP contribution >= 0.6 is 22.9 Å². The van der Waals surface area contributed by atoms with Gasteiger partial charge >= 0.3 is 0 Å². The lowest BCUT2D eigenvalue weighted by Crippen LogP contribution is -2.49. The molecule has 16 heteroatoms. The highest BCUT2D eigenvalue weighted by atomic mass is 35.5. The number of ether oxygens (including phenoxy) is 2. The van der Waals surface area contributed by atoms with Crippen molar-refractivity contribution in [1.29, 1.82) is 0 Å². The van der Waals surface area contributed by atoms with Crippen molar-refractivity contribution in [3.05, 3.63) is 57.2 Å². The van der Waals surface area contributed by atoms with Crippen molar-refractivity contribution in [1.82, 2.24) is 23.8 Å². The van der Waals surface area contributed by atoms with Gasteiger partial charge in [-0.15, -0.1) is 11.3 Å². The predicted molar refractivity (Wildman–Crippen MR) is 160 cm³/mol. The Morgan fingerprint density at radius 2 is 1.74 bits per heavy atom. The van der Waals surface area contributed by atoms with E-state index in [9.17, 15) is 18.0 Å². The molecule has 5 rings (SSSR count). The summed E-state index contributed by atoms with van der Waals surface area (Å²) in [6, 6.07) is 4.80. The minimum Gasteiger partial charge on any atom is -0.495 e. The molecule has 0 radical (unpaired) electrons. The van der Waals surface area contributed by atoms with Gasteiger partial charge in [0.2, 0.25) is 21.9 Å². The monoisotopic (exact) mass is 633 g/mol. The van der Waals surface area contributed by atoms with Crippen molar-refractivity contribution in [3.63, 3.8) is 0 Å². The number of fused-ring (bicyclic) bond motifs is 1. The number of piperazine rings is 1. The van der Waals surface area contributed by atoms with Crippen LogP contribution < -0.4 is 24.8 Å². The maximum atomic E-state index is 13.9. The molecule has 222 valence electrons. The summed E-state index contributed by atoms with van der Waals surface area (Å²) >= 11 is 7.39. The zero-order chi connectivity index (χ0) is 30.2. The van der Waals surface area contributed by atoms with Gasteiger partial charge in [-0.3, -0.25) is 14.2 Å². The third-order valence-corrected chi connectivity index (χ3v) is 10.5. The van der Waals surface area contributed by atoms with Crippen molar-refractivity contribution in [2.24, 2.45) is 0 Å². The highest BCUT2D eigenvalue weighted by Crippen LogP contribution is 2.38. The van der Waals surface area contributed by atoms with Crippen molar-refractivity contribution in [2.75, 3.05) is 57.2 Å². The lowest BCUT2D eigenvalue weighted by molar-refractivity contribution is -0.118. The average molecular weight is 634 g/mol. The second kappa shape index (κ2) is 11.8. The Hall–Kier alpha value is -3.79. The van der Waals surface area contributed by atoms with E-state index in [4.69, 9.17) is 21.1 Å². The number of benzene rings is 1. The number of anilines is 2. The standard InChI is InChI=1S/C26H28ClN7O6S2/c1-16-23(42(37,38)34-10-8-32(9-11-34)26-28-6-5-7-29-26)22-24(41-16)30-15-33(25(22)36)14-21(35)31(2)18-12-17(27)19(39-3)13-20(18)40-4/h5-7,12-13,15H,8-11,14H2,1-4H3. The van der Waals surface area contributed by atoms with Gasteiger partial charge in [0.05, 0.1) is 36.6 Å². The van der Waals surface area contributed by atoms with Crippen LogP contribution in [-0.4, -0.2) is 85.6 Å². The molecule has 0 N–H and O–H groups in total. The van der Waals surface area contributed by atoms with E-state index in [2.05, 4.69) is 15.0 Å². The second-order valence-corrected chi connectivity index (χ2v) is 12.9. The van der Waals surface area contributed by atoms with Crippen LogP contribution in [0.25, 0.3) is 10.2 Å². The number of rotatable bonds is 8. The average Bonchev–Trinajstić information content (AvgIpc) is 3.35. The first-order valence-corrected chi connectivity index (χ1v) is 15.4. The van der Waals surface area contributed by atoms with Gasteiger partial charge in [0.15, 0.2) is 0 Å². The number of methoxy groups -OCH3 is 2. The number of likely N-dealkylation sites (N-methyl/N-ethyl adjacent to an activating group) is 1. The van der Waals surface area contributed by atoms with Gasteiger partial charge in [0.1, 0.15) is 27.8 Å². The van der Waals surface area contributed by atoms with Crippen LogP contribution in [0.4, 0.5) is 11.6 Å². The number of thiophene rings is 1. The van der Waals surface area contributed by atoms with E-state index in [-0.39, 0.29) is 33.2 Å². The largest absolute Gasteiger partial charge is 0.495 e. The SMILES string of the molecule is COc1cc(OC)c(N(C)C(=O)Cn2cnc3sc(C)c(S(=O)(=O)N4CCN(c5ncccn5)CC4)c3c2=O)cc1Cl. The molecule has 0 saturated carbocycles. The highest BCUT2D eigenvalue weighted by molar-refractivity contribution is 7.89. The minimum absolute atomic E-state index is 0.0330. The molecule has 0 aliphatic carbocycles. The van der Waals surface area contributed by atoms with E-state index < -0.39 is 28.0 Å². The van der Waals surface area contributed by atoms with Crippen LogP contribution in [0.1, 0.15) is 4.88 Å². The number of aromatic nitrogens is 4. The Kier molecular flexibility index (Phi) is 8.37. The molecule has 0 atom stereocenters. The topological polar surface area (TPSA) is 140 Å². The Morgan fingerprint density at radius 3 is 2.38 bits per heavy atom. The summed E-state index contributed by atoms with van der Waals surface area (Å²) in [5.41, 5.74) is -0.259. The molecular formula is C26H28ClN7O6S2. The van der Waals surface area contributed by atoms with Gasteiger partial charge in [-0.25, -0.2) is 23.4 Å². The smallest absolute Gasteiger partial charge is 0.263 e. The number of carbonyl (C=O) groups excluding carboxylic acids is 1. The van der Waals surface area contributed by atoms with Crippen molar-refractivity contribution in [2.45, 2.75) is 18.4 Å². The van der Waals surface area contributed by atoms with Gasteiger partial charge in [-0.2, -0.15) is 4.31 Å². The number of hydrogen-bond acceptors (Lipinski definition) is 11. The lowest BCUT2D eigenvalue weighted by atomic mass is 10.2. The summed E-state index contributed by atoms with van der Waals surface area (Å²) in [7, 11) is 0.385. The molecule has 42 heavy (non-hydrogen) atoms. The number of amides is 1. The summed E-state index contributed by atoms with van der Waals surface area (Å²) < 4.78 is 40.8. The van der Waals surface area contributed by atoms with E-state index in [0.29, 0.717) is 41.1 Å². The van der Waals surface area contributed by atoms with Crippen molar-refractivity contribution < 1.29 is 22.7 Å². The molecule has 1 amide bonds. The molecule has 0 spiro atoms. The molecule has 1 aliphatic rings. The third kappa shape index (κ3) is 5.40. The van der Waals surface area contributed by atoms with Crippen molar-refractivity contribution in [3.8, 4) is 11.5 Å².